The first-order valence-electron chi connectivity index (χ1n) is 9.57. The Balaban J connectivity index is 1.56. The van der Waals surface area contributed by atoms with E-state index < -0.39 is 5.91 Å². The van der Waals surface area contributed by atoms with Crippen molar-refractivity contribution in [2.45, 2.75) is 45.6 Å². The average molecular weight is 368 g/mol. The van der Waals surface area contributed by atoms with E-state index in [1.807, 2.05) is 13.8 Å². The molecule has 0 radical (unpaired) electrons. The van der Waals surface area contributed by atoms with Crippen LogP contribution in [-0.4, -0.2) is 21.6 Å². The van der Waals surface area contributed by atoms with Gasteiger partial charge in [-0.25, -0.2) is 4.68 Å². The minimum absolute atomic E-state index is 0.0154. The van der Waals surface area contributed by atoms with Crippen molar-refractivity contribution in [3.63, 3.8) is 0 Å². The van der Waals surface area contributed by atoms with Gasteiger partial charge < -0.3 is 0 Å². The lowest BCUT2D eigenvalue weighted by atomic mass is 9.88. The summed E-state index contributed by atoms with van der Waals surface area (Å²) in [5.41, 5.74) is 4.96. The minimum Gasteiger partial charge on any atom is -0.273 e. The van der Waals surface area contributed by atoms with E-state index in [0.717, 1.165) is 19.3 Å². The van der Waals surface area contributed by atoms with Gasteiger partial charge in [0.25, 0.3) is 11.5 Å². The molecule has 1 heterocycles. The van der Waals surface area contributed by atoms with Crippen LogP contribution in [-0.2, 0) is 4.79 Å². The molecule has 0 aliphatic heterocycles. The first kappa shape index (κ1) is 17.7. The third kappa shape index (κ3) is 3.11. The van der Waals surface area contributed by atoms with Crippen LogP contribution >= 0.6 is 0 Å². The van der Waals surface area contributed by atoms with Gasteiger partial charge in [-0.2, -0.15) is 5.10 Å². The van der Waals surface area contributed by atoms with Gasteiger partial charge in [0.1, 0.15) is 0 Å². The highest BCUT2D eigenvalue weighted by Crippen LogP contribution is 2.48. The normalized spacial score (nSPS) is 23.7. The molecule has 2 amide bonds. The van der Waals surface area contributed by atoms with E-state index in [9.17, 15) is 14.4 Å². The zero-order valence-corrected chi connectivity index (χ0v) is 15.6. The molecule has 7 nitrogen and oxygen atoms in total. The second-order valence-corrected chi connectivity index (χ2v) is 7.96. The molecule has 7 heteroatoms. The van der Waals surface area contributed by atoms with Crippen molar-refractivity contribution < 1.29 is 9.59 Å². The topological polar surface area (TPSA) is 93.1 Å². The van der Waals surface area contributed by atoms with Crippen LogP contribution in [0.5, 0.6) is 0 Å². The molecule has 2 saturated carbocycles. The fourth-order valence-corrected chi connectivity index (χ4v) is 4.56. The number of carbonyl (C=O) groups excluding carboxylic acids is 2. The zero-order valence-electron chi connectivity index (χ0n) is 15.6. The number of carbonyl (C=O) groups is 2. The molecule has 0 spiro atoms. The molecule has 2 aliphatic carbocycles. The largest absolute Gasteiger partial charge is 0.290 e. The Morgan fingerprint density at radius 3 is 2.48 bits per heavy atom. The molecule has 2 N–H and O–H groups in total. The maximum Gasteiger partial charge on any atom is 0.290 e. The van der Waals surface area contributed by atoms with E-state index in [1.54, 1.807) is 24.3 Å². The monoisotopic (exact) mass is 368 g/mol. The highest BCUT2D eigenvalue weighted by Gasteiger charge is 2.43. The highest BCUT2D eigenvalue weighted by molar-refractivity contribution is 6.05. The summed E-state index contributed by atoms with van der Waals surface area (Å²) < 4.78 is 1.30. The molecule has 0 unspecified atom stereocenters. The molecule has 4 rings (SSSR count). The quantitative estimate of drug-likeness (QED) is 0.812. The van der Waals surface area contributed by atoms with Crippen molar-refractivity contribution in [2.75, 3.05) is 0 Å². The van der Waals surface area contributed by atoms with Gasteiger partial charge in [-0.1, -0.05) is 24.6 Å². The predicted octanol–water partition coefficient (Wildman–Crippen LogP) is 2.17. The number of hydrogen-bond acceptors (Lipinski definition) is 4. The number of hydrazine groups is 1. The Bertz CT molecular complexity index is 965. The van der Waals surface area contributed by atoms with Gasteiger partial charge in [-0.15, -0.1) is 0 Å². The lowest BCUT2D eigenvalue weighted by Gasteiger charge is -2.21. The molecular weight excluding hydrogens is 344 g/mol. The van der Waals surface area contributed by atoms with Crippen LogP contribution in [0.2, 0.25) is 0 Å². The van der Waals surface area contributed by atoms with Crippen molar-refractivity contribution in [1.82, 2.24) is 20.6 Å². The molecule has 2 aliphatic rings. The Labute approximate surface area is 157 Å². The average Bonchev–Trinajstić information content (AvgIpc) is 3.29. The summed E-state index contributed by atoms with van der Waals surface area (Å²) in [6.45, 7) is 3.67. The number of amides is 2. The number of aromatic nitrogens is 2. The second-order valence-electron chi connectivity index (χ2n) is 7.96. The lowest BCUT2D eigenvalue weighted by molar-refractivity contribution is -0.127. The Morgan fingerprint density at radius 1 is 1.11 bits per heavy atom. The fourth-order valence-electron chi connectivity index (χ4n) is 4.56. The van der Waals surface area contributed by atoms with E-state index in [1.165, 1.54) is 11.1 Å². The van der Waals surface area contributed by atoms with Crippen molar-refractivity contribution in [2.24, 2.45) is 17.8 Å². The van der Waals surface area contributed by atoms with Gasteiger partial charge in [0.05, 0.1) is 11.4 Å². The van der Waals surface area contributed by atoms with Gasteiger partial charge in [0.2, 0.25) is 5.91 Å². The molecule has 3 atom stereocenters. The molecule has 2 bridgehead atoms. The van der Waals surface area contributed by atoms with E-state index in [0.29, 0.717) is 22.6 Å². The standard InChI is InChI=1S/C20H24N4O3/c1-11(2)24-20(27)15-6-4-3-5-14(15)17(23-24)19(26)22-21-18(25)16-10-12-7-8-13(16)9-12/h3-6,11-13,16H,7-10H2,1-2H3,(H,21,25)(H,22,26)/t12-,13-,16+/m0/s1. The fraction of sp³-hybridized carbons (Fsp3) is 0.500. The van der Waals surface area contributed by atoms with Gasteiger partial charge in [0.15, 0.2) is 5.69 Å². The van der Waals surface area contributed by atoms with Crippen LogP contribution in [0.1, 0.15) is 56.1 Å². The third-order valence-electron chi connectivity index (χ3n) is 5.91. The van der Waals surface area contributed by atoms with E-state index in [4.69, 9.17) is 0 Å². The number of hydrogen-bond donors (Lipinski definition) is 2. The van der Waals surface area contributed by atoms with Gasteiger partial charge in [-0.3, -0.25) is 25.2 Å². The zero-order chi connectivity index (χ0) is 19.1. The molecule has 2 aromatic rings. The van der Waals surface area contributed by atoms with Crippen molar-refractivity contribution in [3.05, 3.63) is 40.3 Å². The number of nitrogens with zero attached hydrogens (tertiary/aromatic N) is 2. The van der Waals surface area contributed by atoms with Gasteiger partial charge in [-0.05, 0) is 51.0 Å². The Morgan fingerprint density at radius 2 is 1.85 bits per heavy atom. The number of benzene rings is 1. The maximum atomic E-state index is 12.7. The SMILES string of the molecule is CC(C)n1nc(C(=O)NNC(=O)[C@@H]2C[C@H]3CC[C@H]2C3)c2ccccc2c1=O. The number of nitrogens with one attached hydrogen (secondary N) is 2. The van der Waals surface area contributed by atoms with E-state index in [2.05, 4.69) is 16.0 Å². The van der Waals surface area contributed by atoms with E-state index >= 15 is 0 Å². The van der Waals surface area contributed by atoms with Gasteiger partial charge in [0, 0.05) is 11.3 Å². The summed E-state index contributed by atoms with van der Waals surface area (Å²) in [7, 11) is 0. The summed E-state index contributed by atoms with van der Waals surface area (Å²) >= 11 is 0. The number of rotatable bonds is 3. The first-order valence-corrected chi connectivity index (χ1v) is 9.57. The van der Waals surface area contributed by atoms with Crippen LogP contribution in [0, 0.1) is 17.8 Å². The summed E-state index contributed by atoms with van der Waals surface area (Å²) in [4.78, 5) is 37.7. The maximum absolute atomic E-state index is 12.7. The highest BCUT2D eigenvalue weighted by atomic mass is 16.2. The molecule has 27 heavy (non-hydrogen) atoms. The second kappa shape index (κ2) is 6.79. The van der Waals surface area contributed by atoms with Crippen LogP contribution in [0.15, 0.2) is 29.1 Å². The van der Waals surface area contributed by atoms with E-state index in [-0.39, 0.29) is 29.1 Å². The summed E-state index contributed by atoms with van der Waals surface area (Å²) in [6, 6.07) is 6.71. The molecular formula is C20H24N4O3. The smallest absolute Gasteiger partial charge is 0.273 e. The third-order valence-corrected chi connectivity index (χ3v) is 5.91. The van der Waals surface area contributed by atoms with Crippen LogP contribution in [0.25, 0.3) is 10.8 Å². The molecule has 1 aromatic heterocycles. The van der Waals surface area contributed by atoms with Crippen LogP contribution < -0.4 is 16.4 Å². The molecule has 1 aromatic carbocycles. The summed E-state index contributed by atoms with van der Waals surface area (Å²) in [5, 5.41) is 5.17. The molecule has 2 fully saturated rings. The van der Waals surface area contributed by atoms with Crippen molar-refractivity contribution in [3.8, 4) is 0 Å². The number of fused-ring (bicyclic) bond motifs is 3. The van der Waals surface area contributed by atoms with Gasteiger partial charge >= 0.3 is 0 Å². The molecule has 0 saturated heterocycles. The first-order chi connectivity index (χ1) is 13.0. The summed E-state index contributed by atoms with van der Waals surface area (Å²) in [6.07, 6.45) is 4.35. The predicted molar refractivity (Wildman–Crippen MR) is 101 cm³/mol. The Hall–Kier alpha value is -2.70. The lowest BCUT2D eigenvalue weighted by Crippen LogP contribution is -2.46. The van der Waals surface area contributed by atoms with Crippen molar-refractivity contribution >= 4 is 22.6 Å². The summed E-state index contributed by atoms with van der Waals surface area (Å²) in [5.74, 6) is 0.433. The van der Waals surface area contributed by atoms with Crippen LogP contribution in [0.3, 0.4) is 0 Å². The Kier molecular flexibility index (Phi) is 4.45. The minimum atomic E-state index is -0.517. The molecule has 142 valence electrons. The van der Waals surface area contributed by atoms with Crippen molar-refractivity contribution in [1.29, 1.82) is 0 Å². The van der Waals surface area contributed by atoms with Crippen LogP contribution in [0.4, 0.5) is 0 Å².